The lowest BCUT2D eigenvalue weighted by Gasteiger charge is -2.22. The molecule has 0 fully saturated rings. The Kier molecular flexibility index (Phi) is 9.28. The van der Waals surface area contributed by atoms with Gasteiger partial charge in [0.05, 0.1) is 12.1 Å². The molecule has 0 bridgehead atoms. The number of urea groups is 1. The van der Waals surface area contributed by atoms with E-state index in [0.29, 0.717) is 23.5 Å². The molecule has 0 aliphatic carbocycles. The average Bonchev–Trinajstić information content (AvgIpc) is 2.96. The number of benzene rings is 3. The highest BCUT2D eigenvalue weighted by molar-refractivity contribution is 7.91. The first kappa shape index (κ1) is 27.4. The minimum absolute atomic E-state index is 0.269. The normalized spacial score (nSPS) is 12.1. The molecule has 0 radical (unpaired) electrons. The Morgan fingerprint density at radius 3 is 2.41 bits per heavy atom. The molecule has 1 aromatic heterocycles. The number of amides is 3. The lowest BCUT2D eigenvalue weighted by Crippen LogP contribution is -2.28. The maximum atomic E-state index is 13.6. The molecule has 1 heterocycles. The number of rotatable bonds is 10. The number of aromatic nitrogens is 1. The van der Waals surface area contributed by atoms with Gasteiger partial charge in [-0.1, -0.05) is 54.6 Å². The minimum Gasteiger partial charge on any atom is -0.611 e. The summed E-state index contributed by atoms with van der Waals surface area (Å²) in [7, 11) is 0. The van der Waals surface area contributed by atoms with Crippen molar-refractivity contribution in [1.82, 2.24) is 10.3 Å². The van der Waals surface area contributed by atoms with E-state index in [1.807, 2.05) is 30.3 Å². The van der Waals surface area contributed by atoms with Crippen LogP contribution in [-0.2, 0) is 22.5 Å². The third-order valence-electron chi connectivity index (χ3n) is 5.71. The molecule has 39 heavy (non-hydrogen) atoms. The predicted octanol–water partition coefficient (Wildman–Crippen LogP) is 4.98. The summed E-state index contributed by atoms with van der Waals surface area (Å²) in [5, 5.41) is 16.8. The van der Waals surface area contributed by atoms with Crippen LogP contribution in [0.5, 0.6) is 0 Å². The first-order valence-corrected chi connectivity index (χ1v) is 13.2. The molecule has 0 spiro atoms. The van der Waals surface area contributed by atoms with Gasteiger partial charge >= 0.3 is 12.0 Å². The van der Waals surface area contributed by atoms with Gasteiger partial charge in [-0.2, -0.15) is 0 Å². The van der Waals surface area contributed by atoms with Crippen molar-refractivity contribution in [3.63, 3.8) is 0 Å². The second-order valence-electron chi connectivity index (χ2n) is 8.49. The largest absolute Gasteiger partial charge is 0.611 e. The van der Waals surface area contributed by atoms with Crippen LogP contribution in [0.3, 0.4) is 0 Å². The molecular weight excluding hydrogens is 516 g/mol. The van der Waals surface area contributed by atoms with Gasteiger partial charge in [0.15, 0.2) is 10.1 Å². The highest BCUT2D eigenvalue weighted by Gasteiger charge is 2.31. The summed E-state index contributed by atoms with van der Waals surface area (Å²) in [5.41, 5.74) is 2.45. The molecule has 4 N–H and O–H groups in total. The molecule has 4 rings (SSSR count). The van der Waals surface area contributed by atoms with Gasteiger partial charge in [0, 0.05) is 35.8 Å². The van der Waals surface area contributed by atoms with E-state index in [-0.39, 0.29) is 16.9 Å². The van der Waals surface area contributed by atoms with Crippen LogP contribution < -0.4 is 16.0 Å². The molecule has 0 aliphatic heterocycles. The number of pyridine rings is 1. The van der Waals surface area contributed by atoms with Crippen molar-refractivity contribution in [2.45, 2.75) is 23.1 Å². The second kappa shape index (κ2) is 13.2. The molecule has 10 heteroatoms. The van der Waals surface area contributed by atoms with Crippen molar-refractivity contribution in [3.8, 4) is 0 Å². The number of carboxylic acids is 1. The Bertz CT molecular complexity index is 1440. The third kappa shape index (κ3) is 7.67. The maximum absolute atomic E-state index is 13.6. The number of nitrogens with one attached hydrogen (secondary N) is 3. The van der Waals surface area contributed by atoms with Crippen molar-refractivity contribution in [2.75, 3.05) is 10.6 Å². The summed E-state index contributed by atoms with van der Waals surface area (Å²) in [5.74, 6) is -1.58. The number of aliphatic carboxylic acids is 1. The molecule has 0 saturated heterocycles. The summed E-state index contributed by atoms with van der Waals surface area (Å²) >= 11 is -1.81. The highest BCUT2D eigenvalue weighted by atomic mass is 32.2. The Morgan fingerprint density at radius 1 is 0.897 bits per heavy atom. The van der Waals surface area contributed by atoms with Gasteiger partial charge in [-0.15, -0.1) is 0 Å². The SMILES string of the molecule is O=C(O)CC(c1cccnc1)[S+]([O-])c1ccccc1NC(=O)c1cccc(NC(=O)NCc2ccccc2)c1. The zero-order chi connectivity index (χ0) is 27.6. The van der Waals surface area contributed by atoms with E-state index in [2.05, 4.69) is 20.9 Å². The topological polar surface area (TPSA) is 143 Å². The van der Waals surface area contributed by atoms with Crippen molar-refractivity contribution in [1.29, 1.82) is 0 Å². The number of carbonyl (C=O) groups excluding carboxylic acids is 2. The molecule has 3 aromatic carbocycles. The van der Waals surface area contributed by atoms with Crippen molar-refractivity contribution in [3.05, 3.63) is 120 Å². The van der Waals surface area contributed by atoms with Gasteiger partial charge in [0.1, 0.15) is 0 Å². The van der Waals surface area contributed by atoms with E-state index < -0.39 is 34.3 Å². The zero-order valence-corrected chi connectivity index (χ0v) is 21.6. The van der Waals surface area contributed by atoms with Gasteiger partial charge in [0.25, 0.3) is 5.91 Å². The first-order chi connectivity index (χ1) is 18.9. The van der Waals surface area contributed by atoms with E-state index in [1.165, 1.54) is 12.3 Å². The van der Waals surface area contributed by atoms with E-state index in [4.69, 9.17) is 0 Å². The molecule has 0 aliphatic rings. The van der Waals surface area contributed by atoms with Crippen LogP contribution in [0.25, 0.3) is 0 Å². The quantitative estimate of drug-likeness (QED) is 0.208. The second-order valence-corrected chi connectivity index (χ2v) is 10.1. The van der Waals surface area contributed by atoms with E-state index in [9.17, 15) is 24.0 Å². The molecule has 9 nitrogen and oxygen atoms in total. The summed E-state index contributed by atoms with van der Waals surface area (Å²) in [4.78, 5) is 41.3. The number of carbonyl (C=O) groups is 3. The zero-order valence-electron chi connectivity index (χ0n) is 20.7. The standard InChI is InChI=1S/C29H26N4O5S/c34-27(35)17-26(22-11-7-15-30-19-22)39(38)25-14-5-4-13-24(25)33-28(36)21-10-6-12-23(16-21)32-29(37)31-18-20-8-2-1-3-9-20/h1-16,19,26H,17-18H2,(H,33,36)(H,34,35)(H2,31,32,37). The molecule has 4 aromatic rings. The summed E-state index contributed by atoms with van der Waals surface area (Å²) in [6.45, 7) is 0.350. The summed E-state index contributed by atoms with van der Waals surface area (Å²) in [6, 6.07) is 25.3. The fraction of sp³-hybridized carbons (Fsp3) is 0.103. The number of hydrogen-bond acceptors (Lipinski definition) is 5. The Morgan fingerprint density at radius 2 is 1.67 bits per heavy atom. The predicted molar refractivity (Wildman–Crippen MR) is 149 cm³/mol. The van der Waals surface area contributed by atoms with Gasteiger partial charge in [-0.25, -0.2) is 4.79 Å². The number of hydrogen-bond donors (Lipinski definition) is 4. The summed E-state index contributed by atoms with van der Waals surface area (Å²) < 4.78 is 13.6. The molecule has 2 unspecified atom stereocenters. The van der Waals surface area contributed by atoms with Crippen LogP contribution in [-0.4, -0.2) is 32.6 Å². The molecule has 3 amide bonds. The van der Waals surface area contributed by atoms with E-state index >= 15 is 0 Å². The minimum atomic E-state index is -1.81. The third-order valence-corrected chi connectivity index (χ3v) is 7.45. The van der Waals surface area contributed by atoms with Crippen molar-refractivity contribution in [2.24, 2.45) is 0 Å². The number of para-hydroxylation sites is 1. The Balaban J connectivity index is 1.47. The van der Waals surface area contributed by atoms with Crippen molar-refractivity contribution < 1.29 is 24.0 Å². The van der Waals surface area contributed by atoms with E-state index in [0.717, 1.165) is 5.56 Å². The van der Waals surface area contributed by atoms with Gasteiger partial charge in [-0.3, -0.25) is 14.6 Å². The van der Waals surface area contributed by atoms with Crippen LogP contribution >= 0.6 is 0 Å². The monoisotopic (exact) mass is 542 g/mol. The summed E-state index contributed by atoms with van der Waals surface area (Å²) in [6.07, 6.45) is 2.66. The average molecular weight is 543 g/mol. The number of carboxylic acid groups (broad SMARTS) is 1. The highest BCUT2D eigenvalue weighted by Crippen LogP contribution is 2.35. The van der Waals surface area contributed by atoms with Gasteiger partial charge < -0.3 is 25.6 Å². The number of anilines is 2. The Hall–Kier alpha value is -4.67. The van der Waals surface area contributed by atoms with Crippen LogP contribution in [0.4, 0.5) is 16.2 Å². The number of nitrogens with zero attached hydrogens (tertiary/aromatic N) is 1. The molecular formula is C29H26N4O5S. The lowest BCUT2D eigenvalue weighted by molar-refractivity contribution is -0.137. The van der Waals surface area contributed by atoms with Crippen molar-refractivity contribution >= 4 is 40.5 Å². The van der Waals surface area contributed by atoms with Crippen LogP contribution in [0, 0.1) is 0 Å². The molecule has 2 atom stereocenters. The van der Waals surface area contributed by atoms with Gasteiger partial charge in [0.2, 0.25) is 0 Å². The molecule has 198 valence electrons. The van der Waals surface area contributed by atoms with Crippen LogP contribution in [0.2, 0.25) is 0 Å². The fourth-order valence-corrected chi connectivity index (χ4v) is 5.36. The smallest absolute Gasteiger partial charge is 0.319 e. The van der Waals surface area contributed by atoms with E-state index in [1.54, 1.807) is 60.8 Å². The maximum Gasteiger partial charge on any atom is 0.319 e. The molecule has 0 saturated carbocycles. The van der Waals surface area contributed by atoms with Gasteiger partial charge in [-0.05, 0) is 53.1 Å². The fourth-order valence-electron chi connectivity index (χ4n) is 3.83. The van der Waals surface area contributed by atoms with Crippen LogP contribution in [0.1, 0.15) is 33.2 Å². The van der Waals surface area contributed by atoms with Crippen LogP contribution in [0.15, 0.2) is 108 Å². The Labute approximate surface area is 228 Å². The lowest BCUT2D eigenvalue weighted by atomic mass is 10.1. The first-order valence-electron chi connectivity index (χ1n) is 12.0.